The van der Waals surface area contributed by atoms with Crippen LogP contribution in [0.2, 0.25) is 0 Å². The number of ether oxygens (including phenoxy) is 2. The largest absolute Gasteiger partial charge is 0.507 e. The van der Waals surface area contributed by atoms with E-state index in [1.165, 1.54) is 14.2 Å². The molecule has 0 aliphatic heterocycles. The highest BCUT2D eigenvalue weighted by atomic mass is 16.7. The van der Waals surface area contributed by atoms with E-state index in [1.807, 2.05) is 0 Å². The average Bonchev–Trinajstić information content (AvgIpc) is 1.86. The Morgan fingerprint density at radius 2 is 1.78 bits per heavy atom. The van der Waals surface area contributed by atoms with Gasteiger partial charge in [0, 0.05) is 14.2 Å². The molecular weight excluding hydrogens is 120 g/mol. The van der Waals surface area contributed by atoms with Crippen molar-refractivity contribution in [3.05, 3.63) is 12.3 Å². The Hall–Kier alpha value is -0.540. The highest BCUT2D eigenvalue weighted by molar-refractivity contribution is 4.94. The third-order valence-corrected chi connectivity index (χ3v) is 1.30. The zero-order chi connectivity index (χ0) is 7.49. The zero-order valence-corrected chi connectivity index (χ0v) is 5.97. The minimum Gasteiger partial charge on any atom is -0.507 e. The normalized spacial score (nSPS) is 11.4. The van der Waals surface area contributed by atoms with Gasteiger partial charge in [-0.15, -0.1) is 0 Å². The van der Waals surface area contributed by atoms with Gasteiger partial charge in [0.25, 0.3) is 0 Å². The molecule has 0 bridgehead atoms. The summed E-state index contributed by atoms with van der Waals surface area (Å²) < 4.78 is 9.55. The maximum Gasteiger partial charge on any atom is 0.223 e. The van der Waals surface area contributed by atoms with E-state index in [9.17, 15) is 0 Å². The summed E-state index contributed by atoms with van der Waals surface area (Å²) in [4.78, 5) is 0. The highest BCUT2D eigenvalue weighted by Gasteiger charge is 2.26. The van der Waals surface area contributed by atoms with Crippen molar-refractivity contribution in [1.82, 2.24) is 0 Å². The lowest BCUT2D eigenvalue weighted by atomic mass is 10.3. The molecule has 9 heavy (non-hydrogen) atoms. The summed E-state index contributed by atoms with van der Waals surface area (Å²) in [6.07, 6.45) is 0. The van der Waals surface area contributed by atoms with Crippen LogP contribution in [0.5, 0.6) is 0 Å². The van der Waals surface area contributed by atoms with Crippen molar-refractivity contribution in [3.8, 4) is 0 Å². The van der Waals surface area contributed by atoms with E-state index in [0.29, 0.717) is 0 Å². The Bertz CT molecular complexity index is 105. The first-order valence-electron chi connectivity index (χ1n) is 2.55. The Balaban J connectivity index is 4.09. The highest BCUT2D eigenvalue weighted by Crippen LogP contribution is 2.16. The van der Waals surface area contributed by atoms with Crippen LogP contribution < -0.4 is 0 Å². The van der Waals surface area contributed by atoms with Crippen molar-refractivity contribution < 1.29 is 14.6 Å². The van der Waals surface area contributed by atoms with Gasteiger partial charge in [-0.1, -0.05) is 6.58 Å². The zero-order valence-electron chi connectivity index (χ0n) is 5.97. The average molecular weight is 132 g/mol. The third-order valence-electron chi connectivity index (χ3n) is 1.30. The van der Waals surface area contributed by atoms with Crippen LogP contribution in [0, 0.1) is 0 Å². The standard InChI is InChI=1S/C6H12O3/c1-5(7)6(2,8-3)9-4/h7H,1H2,2-4H3. The summed E-state index contributed by atoms with van der Waals surface area (Å²) in [5.74, 6) is -1.19. The first-order valence-corrected chi connectivity index (χ1v) is 2.55. The Labute approximate surface area is 54.9 Å². The molecule has 0 rings (SSSR count). The molecule has 0 spiro atoms. The van der Waals surface area contributed by atoms with E-state index < -0.39 is 5.79 Å². The fraction of sp³-hybridized carbons (Fsp3) is 0.667. The summed E-state index contributed by atoms with van der Waals surface area (Å²) in [6, 6.07) is 0. The second kappa shape index (κ2) is 2.85. The smallest absolute Gasteiger partial charge is 0.223 e. The number of hydrogen-bond donors (Lipinski definition) is 1. The maximum atomic E-state index is 8.83. The van der Waals surface area contributed by atoms with Crippen LogP contribution in [0.15, 0.2) is 12.3 Å². The Morgan fingerprint density at radius 3 is 1.78 bits per heavy atom. The van der Waals surface area contributed by atoms with Gasteiger partial charge in [0.1, 0.15) is 5.76 Å². The minimum atomic E-state index is -1.06. The molecule has 3 heteroatoms. The lowest BCUT2D eigenvalue weighted by Gasteiger charge is -2.24. The predicted octanol–water partition coefficient (Wildman–Crippen LogP) is 1.07. The molecule has 0 unspecified atom stereocenters. The summed E-state index contributed by atoms with van der Waals surface area (Å²) in [7, 11) is 2.87. The van der Waals surface area contributed by atoms with Crippen molar-refractivity contribution >= 4 is 0 Å². The SMILES string of the molecule is C=C(O)C(C)(OC)OC. The van der Waals surface area contributed by atoms with Crippen LogP contribution >= 0.6 is 0 Å². The number of aliphatic hydroxyl groups is 1. The van der Waals surface area contributed by atoms with E-state index in [1.54, 1.807) is 6.92 Å². The molecule has 1 N–H and O–H groups in total. The summed E-state index contributed by atoms with van der Waals surface area (Å²) in [5.41, 5.74) is 0. The van der Waals surface area contributed by atoms with E-state index in [0.717, 1.165) is 0 Å². The van der Waals surface area contributed by atoms with Crippen LogP contribution in [-0.2, 0) is 9.47 Å². The molecule has 0 heterocycles. The molecule has 3 nitrogen and oxygen atoms in total. The lowest BCUT2D eigenvalue weighted by Crippen LogP contribution is -2.31. The van der Waals surface area contributed by atoms with Crippen LogP contribution in [0.3, 0.4) is 0 Å². The molecule has 0 aromatic rings. The van der Waals surface area contributed by atoms with Crippen LogP contribution in [0.25, 0.3) is 0 Å². The van der Waals surface area contributed by atoms with Crippen LogP contribution in [0.1, 0.15) is 6.92 Å². The van der Waals surface area contributed by atoms with Gasteiger partial charge in [0.2, 0.25) is 5.79 Å². The molecule has 0 aliphatic carbocycles. The quantitative estimate of drug-likeness (QED) is 0.461. The minimum absolute atomic E-state index is 0.132. The maximum absolute atomic E-state index is 8.83. The molecule has 0 atom stereocenters. The van der Waals surface area contributed by atoms with Crippen molar-refractivity contribution in [2.75, 3.05) is 14.2 Å². The van der Waals surface area contributed by atoms with Crippen molar-refractivity contribution in [3.63, 3.8) is 0 Å². The van der Waals surface area contributed by atoms with Gasteiger partial charge in [0.15, 0.2) is 0 Å². The van der Waals surface area contributed by atoms with Crippen LogP contribution in [0.4, 0.5) is 0 Å². The van der Waals surface area contributed by atoms with E-state index in [2.05, 4.69) is 6.58 Å². The first kappa shape index (κ1) is 8.46. The number of hydrogen-bond acceptors (Lipinski definition) is 3. The number of methoxy groups -OCH3 is 2. The predicted molar refractivity (Wildman–Crippen MR) is 34.2 cm³/mol. The molecule has 0 saturated carbocycles. The third kappa shape index (κ3) is 1.69. The van der Waals surface area contributed by atoms with Crippen LogP contribution in [-0.4, -0.2) is 25.1 Å². The summed E-state index contributed by atoms with van der Waals surface area (Å²) in [6.45, 7) is 4.85. The Kier molecular flexibility index (Phi) is 2.67. The van der Waals surface area contributed by atoms with Crippen molar-refractivity contribution in [2.24, 2.45) is 0 Å². The molecule has 0 saturated heterocycles. The number of aliphatic hydroxyl groups excluding tert-OH is 1. The molecule has 0 radical (unpaired) electrons. The summed E-state index contributed by atoms with van der Waals surface area (Å²) in [5, 5.41) is 8.83. The van der Waals surface area contributed by atoms with E-state index in [-0.39, 0.29) is 5.76 Å². The second-order valence-electron chi connectivity index (χ2n) is 1.80. The molecular formula is C6H12O3. The molecule has 0 aromatic heterocycles. The van der Waals surface area contributed by atoms with Gasteiger partial charge < -0.3 is 14.6 Å². The topological polar surface area (TPSA) is 38.7 Å². The van der Waals surface area contributed by atoms with Gasteiger partial charge in [-0.25, -0.2) is 0 Å². The molecule has 0 aromatic carbocycles. The van der Waals surface area contributed by atoms with Gasteiger partial charge in [-0.05, 0) is 6.92 Å². The first-order chi connectivity index (χ1) is 4.06. The Morgan fingerprint density at radius 1 is 1.44 bits per heavy atom. The molecule has 0 aliphatic rings. The second-order valence-corrected chi connectivity index (χ2v) is 1.80. The molecule has 0 amide bonds. The van der Waals surface area contributed by atoms with Crippen molar-refractivity contribution in [1.29, 1.82) is 0 Å². The van der Waals surface area contributed by atoms with Gasteiger partial charge in [-0.3, -0.25) is 0 Å². The monoisotopic (exact) mass is 132 g/mol. The van der Waals surface area contributed by atoms with Gasteiger partial charge in [0.05, 0.1) is 0 Å². The van der Waals surface area contributed by atoms with E-state index >= 15 is 0 Å². The molecule has 54 valence electrons. The fourth-order valence-electron chi connectivity index (χ4n) is 0.319. The lowest BCUT2D eigenvalue weighted by molar-refractivity contribution is -0.183. The van der Waals surface area contributed by atoms with Crippen molar-refractivity contribution in [2.45, 2.75) is 12.7 Å². The molecule has 0 fully saturated rings. The summed E-state index contributed by atoms with van der Waals surface area (Å²) >= 11 is 0. The van der Waals surface area contributed by atoms with Gasteiger partial charge >= 0.3 is 0 Å². The number of rotatable bonds is 3. The fourth-order valence-corrected chi connectivity index (χ4v) is 0.319. The van der Waals surface area contributed by atoms with E-state index in [4.69, 9.17) is 14.6 Å². The van der Waals surface area contributed by atoms with Gasteiger partial charge in [-0.2, -0.15) is 0 Å².